The number of nitrogens with one attached hydrogen (secondary N) is 1. The van der Waals surface area contributed by atoms with Crippen LogP contribution in [0, 0.1) is 0 Å². The quantitative estimate of drug-likeness (QED) is 0.872. The number of H-pyrrole nitrogens is 1. The van der Waals surface area contributed by atoms with E-state index >= 15 is 0 Å². The highest BCUT2D eigenvalue weighted by molar-refractivity contribution is 7.91. The number of sulfone groups is 1. The summed E-state index contributed by atoms with van der Waals surface area (Å²) in [5.41, 5.74) is 0.932. The van der Waals surface area contributed by atoms with Crippen molar-refractivity contribution in [2.24, 2.45) is 0 Å². The first kappa shape index (κ1) is 12.7. The molecule has 3 rings (SSSR count). The van der Waals surface area contributed by atoms with Gasteiger partial charge >= 0.3 is 5.69 Å². The molecule has 0 spiro atoms. The number of fused-ring (bicyclic) bond motifs is 1. The number of halogens is 1. The van der Waals surface area contributed by atoms with Crippen LogP contribution in [-0.4, -0.2) is 29.5 Å². The Balaban J connectivity index is 2.20. The molecule has 1 aliphatic heterocycles. The Bertz CT molecular complexity index is 791. The van der Waals surface area contributed by atoms with Crippen molar-refractivity contribution in [1.82, 2.24) is 9.55 Å². The van der Waals surface area contributed by atoms with Gasteiger partial charge in [-0.1, -0.05) is 17.7 Å². The van der Waals surface area contributed by atoms with Crippen LogP contribution in [0.15, 0.2) is 23.0 Å². The molecule has 0 amide bonds. The third-order valence-electron chi connectivity index (χ3n) is 3.49. The van der Waals surface area contributed by atoms with Gasteiger partial charge in [-0.3, -0.25) is 4.57 Å². The van der Waals surface area contributed by atoms with Crippen LogP contribution in [0.25, 0.3) is 11.0 Å². The van der Waals surface area contributed by atoms with E-state index < -0.39 is 9.84 Å². The van der Waals surface area contributed by atoms with Crippen LogP contribution < -0.4 is 5.69 Å². The fourth-order valence-corrected chi connectivity index (χ4v) is 4.63. The van der Waals surface area contributed by atoms with Crippen molar-refractivity contribution in [2.45, 2.75) is 18.9 Å². The van der Waals surface area contributed by atoms with E-state index in [0.29, 0.717) is 28.9 Å². The van der Waals surface area contributed by atoms with Crippen molar-refractivity contribution in [3.8, 4) is 0 Å². The molecule has 5 nitrogen and oxygen atoms in total. The highest BCUT2D eigenvalue weighted by Gasteiger charge is 2.28. The Hall–Kier alpha value is -1.27. The van der Waals surface area contributed by atoms with Crippen LogP contribution in [-0.2, 0) is 9.84 Å². The molecule has 0 bridgehead atoms. The lowest BCUT2D eigenvalue weighted by atomic mass is 10.2. The summed E-state index contributed by atoms with van der Waals surface area (Å²) in [6.07, 6.45) is 1.26. The Kier molecular flexibility index (Phi) is 2.94. The number of rotatable bonds is 1. The van der Waals surface area contributed by atoms with Crippen LogP contribution in [0.1, 0.15) is 18.9 Å². The minimum Gasteiger partial charge on any atom is -0.305 e. The lowest BCUT2D eigenvalue weighted by molar-refractivity contribution is 0.470. The molecule has 0 saturated carbocycles. The van der Waals surface area contributed by atoms with Gasteiger partial charge in [0.05, 0.1) is 33.6 Å². The maximum Gasteiger partial charge on any atom is 0.326 e. The molecule has 7 heteroatoms. The van der Waals surface area contributed by atoms with E-state index in [1.54, 1.807) is 18.2 Å². The number of hydrogen-bond donors (Lipinski definition) is 1. The predicted molar refractivity (Wildman–Crippen MR) is 74.5 cm³/mol. The number of aromatic amines is 1. The molecule has 1 aromatic heterocycles. The van der Waals surface area contributed by atoms with Gasteiger partial charge in [0.2, 0.25) is 0 Å². The summed E-state index contributed by atoms with van der Waals surface area (Å²) < 4.78 is 25.0. The predicted octanol–water partition coefficient (Wildman–Crippen LogP) is 1.73. The normalized spacial score (nSPS) is 22.7. The Morgan fingerprint density at radius 2 is 2.16 bits per heavy atom. The fourth-order valence-electron chi connectivity index (χ4n) is 2.69. The van der Waals surface area contributed by atoms with Crippen LogP contribution in [0.4, 0.5) is 0 Å². The van der Waals surface area contributed by atoms with Crippen molar-refractivity contribution < 1.29 is 8.42 Å². The lowest BCUT2D eigenvalue weighted by Crippen LogP contribution is -2.32. The average Bonchev–Trinajstić information content (AvgIpc) is 2.65. The molecule has 0 aliphatic carbocycles. The largest absolute Gasteiger partial charge is 0.326 e. The van der Waals surface area contributed by atoms with Gasteiger partial charge in [0.25, 0.3) is 0 Å². The van der Waals surface area contributed by atoms with Crippen LogP contribution in [0.2, 0.25) is 5.02 Å². The molecular formula is C12H13ClN2O3S. The molecule has 0 radical (unpaired) electrons. The second-order valence-corrected chi connectivity index (χ2v) is 7.48. The van der Waals surface area contributed by atoms with Gasteiger partial charge < -0.3 is 4.98 Å². The third-order valence-corrected chi connectivity index (χ3v) is 5.60. The molecule has 1 aromatic carbocycles. The molecule has 1 unspecified atom stereocenters. The summed E-state index contributed by atoms with van der Waals surface area (Å²) in [4.78, 5) is 14.8. The Morgan fingerprint density at radius 1 is 1.37 bits per heavy atom. The number of nitrogens with zero attached hydrogens (tertiary/aromatic N) is 1. The van der Waals surface area contributed by atoms with Crippen molar-refractivity contribution in [1.29, 1.82) is 0 Å². The molecule has 2 aromatic rings. The lowest BCUT2D eigenvalue weighted by Gasteiger charge is -2.23. The number of para-hydroxylation sites is 1. The van der Waals surface area contributed by atoms with E-state index in [9.17, 15) is 13.2 Å². The highest BCUT2D eigenvalue weighted by atomic mass is 35.5. The van der Waals surface area contributed by atoms with E-state index in [4.69, 9.17) is 11.6 Å². The van der Waals surface area contributed by atoms with Gasteiger partial charge in [0.1, 0.15) is 0 Å². The van der Waals surface area contributed by atoms with E-state index in [1.807, 2.05) is 0 Å². The molecular weight excluding hydrogens is 288 g/mol. The van der Waals surface area contributed by atoms with Crippen LogP contribution >= 0.6 is 11.6 Å². The monoisotopic (exact) mass is 300 g/mol. The Morgan fingerprint density at radius 3 is 2.89 bits per heavy atom. The summed E-state index contributed by atoms with van der Waals surface area (Å²) in [5.74, 6) is 0.208. The summed E-state index contributed by atoms with van der Waals surface area (Å²) in [6, 6.07) is 4.88. The first-order chi connectivity index (χ1) is 8.98. The Labute approximate surface area is 115 Å². The summed E-state index contributed by atoms with van der Waals surface area (Å²) in [5, 5.41) is 0.457. The molecule has 1 N–H and O–H groups in total. The van der Waals surface area contributed by atoms with E-state index in [2.05, 4.69) is 4.98 Å². The van der Waals surface area contributed by atoms with Gasteiger partial charge in [-0.25, -0.2) is 13.2 Å². The highest BCUT2D eigenvalue weighted by Crippen LogP contribution is 2.28. The van der Waals surface area contributed by atoms with Crippen molar-refractivity contribution in [3.63, 3.8) is 0 Å². The SMILES string of the molecule is O=c1[nH]c2cccc(Cl)c2n1C1CCCS(=O)(=O)C1. The van der Waals surface area contributed by atoms with Gasteiger partial charge in [-0.2, -0.15) is 0 Å². The molecule has 1 saturated heterocycles. The zero-order chi connectivity index (χ0) is 13.6. The van der Waals surface area contributed by atoms with Gasteiger partial charge in [-0.05, 0) is 25.0 Å². The summed E-state index contributed by atoms with van der Waals surface area (Å²) >= 11 is 6.14. The first-order valence-electron chi connectivity index (χ1n) is 6.07. The smallest absolute Gasteiger partial charge is 0.305 e. The fraction of sp³-hybridized carbons (Fsp3) is 0.417. The van der Waals surface area contributed by atoms with E-state index in [1.165, 1.54) is 4.57 Å². The standard InChI is InChI=1S/C12H13ClN2O3S/c13-9-4-1-5-10-11(9)15(12(16)14-10)8-3-2-6-19(17,18)7-8/h1,4-5,8H,2-3,6-7H2,(H,14,16). The molecule has 1 aliphatic rings. The second kappa shape index (κ2) is 4.38. The first-order valence-corrected chi connectivity index (χ1v) is 8.27. The molecule has 2 heterocycles. The second-order valence-electron chi connectivity index (χ2n) is 4.85. The molecule has 102 valence electrons. The van der Waals surface area contributed by atoms with Gasteiger partial charge in [0, 0.05) is 0 Å². The number of benzene rings is 1. The zero-order valence-corrected chi connectivity index (χ0v) is 11.7. The number of aromatic nitrogens is 2. The zero-order valence-electron chi connectivity index (χ0n) is 10.1. The summed E-state index contributed by atoms with van der Waals surface area (Å²) in [6.45, 7) is 0. The van der Waals surface area contributed by atoms with Crippen molar-refractivity contribution >= 4 is 32.5 Å². The summed E-state index contributed by atoms with van der Waals surface area (Å²) in [7, 11) is -3.07. The minimum absolute atomic E-state index is 0.00504. The van der Waals surface area contributed by atoms with Gasteiger partial charge in [0.15, 0.2) is 9.84 Å². The van der Waals surface area contributed by atoms with Crippen molar-refractivity contribution in [3.05, 3.63) is 33.7 Å². The molecule has 1 atom stereocenters. The van der Waals surface area contributed by atoms with Crippen LogP contribution in [0.3, 0.4) is 0 Å². The molecule has 19 heavy (non-hydrogen) atoms. The van der Waals surface area contributed by atoms with Crippen molar-refractivity contribution in [2.75, 3.05) is 11.5 Å². The number of hydrogen-bond acceptors (Lipinski definition) is 3. The third kappa shape index (κ3) is 2.19. The molecule has 1 fully saturated rings. The minimum atomic E-state index is -3.07. The van der Waals surface area contributed by atoms with Gasteiger partial charge in [-0.15, -0.1) is 0 Å². The number of imidazole rings is 1. The van der Waals surface area contributed by atoms with Crippen LogP contribution in [0.5, 0.6) is 0 Å². The maximum absolute atomic E-state index is 12.1. The average molecular weight is 301 g/mol. The topological polar surface area (TPSA) is 71.9 Å². The van der Waals surface area contributed by atoms with E-state index in [0.717, 1.165) is 0 Å². The van der Waals surface area contributed by atoms with E-state index in [-0.39, 0.29) is 23.2 Å². The maximum atomic E-state index is 12.1.